The van der Waals surface area contributed by atoms with Gasteiger partial charge in [-0.25, -0.2) is 4.98 Å². The second-order valence-electron chi connectivity index (χ2n) is 6.83. The van der Waals surface area contributed by atoms with Gasteiger partial charge in [-0.2, -0.15) is 0 Å². The van der Waals surface area contributed by atoms with Crippen molar-refractivity contribution in [3.8, 4) is 22.1 Å². The van der Waals surface area contributed by atoms with E-state index in [0.29, 0.717) is 29.9 Å². The summed E-state index contributed by atoms with van der Waals surface area (Å²) in [5.41, 5.74) is 1.76. The fraction of sp³-hybridized carbons (Fsp3) is 0.500. The summed E-state index contributed by atoms with van der Waals surface area (Å²) >= 11 is 1.54. The highest BCUT2D eigenvalue weighted by atomic mass is 32.1. The standard InChI is InChI=1S/C20H26N2O3S/c1-13-6-4-5-7-16(13)22-19(23)11-15-12-26-20(21-15)14-8-9-17(24-2)18(10-14)25-3/h8-10,12-13,16H,4-7,11H2,1-3H3,(H,22,23)/t13-,16-/m1/s1. The van der Waals surface area contributed by atoms with Crippen molar-refractivity contribution in [3.05, 3.63) is 29.3 Å². The van der Waals surface area contributed by atoms with Gasteiger partial charge in [0.25, 0.3) is 0 Å². The molecule has 1 heterocycles. The highest BCUT2D eigenvalue weighted by molar-refractivity contribution is 7.13. The zero-order valence-corrected chi connectivity index (χ0v) is 16.4. The number of carbonyl (C=O) groups is 1. The van der Waals surface area contributed by atoms with Crippen LogP contribution < -0.4 is 14.8 Å². The van der Waals surface area contributed by atoms with E-state index in [1.165, 1.54) is 30.6 Å². The van der Waals surface area contributed by atoms with Gasteiger partial charge < -0.3 is 14.8 Å². The first-order valence-electron chi connectivity index (χ1n) is 9.07. The van der Waals surface area contributed by atoms with Crippen LogP contribution in [-0.4, -0.2) is 31.2 Å². The van der Waals surface area contributed by atoms with Crippen LogP contribution in [-0.2, 0) is 11.2 Å². The van der Waals surface area contributed by atoms with E-state index in [-0.39, 0.29) is 5.91 Å². The molecular weight excluding hydrogens is 348 g/mol. The van der Waals surface area contributed by atoms with Crippen molar-refractivity contribution in [1.82, 2.24) is 10.3 Å². The Morgan fingerprint density at radius 2 is 2.00 bits per heavy atom. The molecule has 1 amide bonds. The third-order valence-corrected chi connectivity index (χ3v) is 5.92. The lowest BCUT2D eigenvalue weighted by Gasteiger charge is -2.29. The number of methoxy groups -OCH3 is 2. The van der Waals surface area contributed by atoms with Gasteiger partial charge in [0.2, 0.25) is 5.91 Å². The maximum atomic E-state index is 12.4. The summed E-state index contributed by atoms with van der Waals surface area (Å²) in [7, 11) is 3.23. The molecule has 1 aliphatic carbocycles. The van der Waals surface area contributed by atoms with Gasteiger partial charge in [0.15, 0.2) is 11.5 Å². The molecule has 1 aromatic heterocycles. The smallest absolute Gasteiger partial charge is 0.226 e. The Balaban J connectivity index is 1.65. The van der Waals surface area contributed by atoms with Crippen LogP contribution in [0.1, 0.15) is 38.3 Å². The van der Waals surface area contributed by atoms with Crippen LogP contribution in [0.5, 0.6) is 11.5 Å². The monoisotopic (exact) mass is 374 g/mol. The number of aromatic nitrogens is 1. The highest BCUT2D eigenvalue weighted by Crippen LogP contribution is 2.33. The average molecular weight is 375 g/mol. The lowest BCUT2D eigenvalue weighted by atomic mass is 9.86. The normalized spacial score (nSPS) is 19.8. The third-order valence-electron chi connectivity index (χ3n) is 4.98. The first-order chi connectivity index (χ1) is 12.6. The zero-order valence-electron chi connectivity index (χ0n) is 15.6. The molecule has 1 aliphatic rings. The number of ether oxygens (including phenoxy) is 2. The summed E-state index contributed by atoms with van der Waals surface area (Å²) < 4.78 is 10.6. The van der Waals surface area contributed by atoms with Crippen LogP contribution >= 0.6 is 11.3 Å². The summed E-state index contributed by atoms with van der Waals surface area (Å²) in [6, 6.07) is 6.03. The van der Waals surface area contributed by atoms with Crippen molar-refractivity contribution in [2.45, 2.75) is 45.1 Å². The van der Waals surface area contributed by atoms with Crippen molar-refractivity contribution in [2.75, 3.05) is 14.2 Å². The van der Waals surface area contributed by atoms with E-state index < -0.39 is 0 Å². The Labute approximate surface area is 158 Å². The zero-order chi connectivity index (χ0) is 18.5. The second kappa shape index (κ2) is 8.54. The number of hydrogen-bond acceptors (Lipinski definition) is 5. The SMILES string of the molecule is COc1ccc(-c2nc(CC(=O)N[C@@H]3CCCC[C@H]3C)cs2)cc1OC. The Morgan fingerprint density at radius 3 is 2.73 bits per heavy atom. The molecule has 0 aliphatic heterocycles. The average Bonchev–Trinajstić information content (AvgIpc) is 3.11. The number of rotatable bonds is 6. The number of nitrogens with one attached hydrogen (secondary N) is 1. The maximum absolute atomic E-state index is 12.4. The molecule has 1 saturated carbocycles. The van der Waals surface area contributed by atoms with Crippen LogP contribution in [0.4, 0.5) is 0 Å². The van der Waals surface area contributed by atoms with Gasteiger partial charge >= 0.3 is 0 Å². The predicted molar refractivity (Wildman–Crippen MR) is 104 cm³/mol. The molecule has 2 atom stereocenters. The van der Waals surface area contributed by atoms with Crippen LogP contribution in [0.3, 0.4) is 0 Å². The Bertz CT molecular complexity index is 759. The first-order valence-corrected chi connectivity index (χ1v) is 9.95. The van der Waals surface area contributed by atoms with E-state index in [9.17, 15) is 4.79 Å². The first kappa shape index (κ1) is 18.7. The van der Waals surface area contributed by atoms with Gasteiger partial charge in [-0.15, -0.1) is 11.3 Å². The number of thiazole rings is 1. The lowest BCUT2D eigenvalue weighted by Crippen LogP contribution is -2.41. The molecule has 5 nitrogen and oxygen atoms in total. The summed E-state index contributed by atoms with van der Waals surface area (Å²) in [6.07, 6.45) is 5.09. The van der Waals surface area contributed by atoms with Gasteiger partial charge in [-0.3, -0.25) is 4.79 Å². The Morgan fingerprint density at radius 1 is 1.23 bits per heavy atom. The van der Waals surface area contributed by atoms with Crippen molar-refractivity contribution in [2.24, 2.45) is 5.92 Å². The fourth-order valence-corrected chi connectivity index (χ4v) is 4.26. The van der Waals surface area contributed by atoms with Crippen molar-refractivity contribution >= 4 is 17.2 Å². The number of hydrogen-bond donors (Lipinski definition) is 1. The summed E-state index contributed by atoms with van der Waals surface area (Å²) in [6.45, 7) is 2.22. The quantitative estimate of drug-likeness (QED) is 0.828. The summed E-state index contributed by atoms with van der Waals surface area (Å²) in [4.78, 5) is 17.0. The van der Waals surface area contributed by atoms with Gasteiger partial charge in [0, 0.05) is 17.0 Å². The Kier molecular flexibility index (Phi) is 6.14. The summed E-state index contributed by atoms with van der Waals surface area (Å²) in [5, 5.41) is 6.02. The van der Waals surface area contributed by atoms with Crippen LogP contribution in [0, 0.1) is 5.92 Å². The minimum absolute atomic E-state index is 0.0629. The largest absolute Gasteiger partial charge is 0.493 e. The van der Waals surface area contributed by atoms with E-state index in [1.807, 2.05) is 23.6 Å². The molecule has 0 unspecified atom stereocenters. The van der Waals surface area contributed by atoms with Gasteiger partial charge in [0.05, 0.1) is 26.3 Å². The van der Waals surface area contributed by atoms with Crippen LogP contribution in [0.2, 0.25) is 0 Å². The van der Waals surface area contributed by atoms with E-state index in [4.69, 9.17) is 9.47 Å². The second-order valence-corrected chi connectivity index (χ2v) is 7.68. The van der Waals surface area contributed by atoms with E-state index in [1.54, 1.807) is 14.2 Å². The number of benzene rings is 1. The maximum Gasteiger partial charge on any atom is 0.226 e. The van der Waals surface area contributed by atoms with Gasteiger partial charge in [0.1, 0.15) is 5.01 Å². The van der Waals surface area contributed by atoms with Gasteiger partial charge in [-0.1, -0.05) is 19.8 Å². The number of carbonyl (C=O) groups excluding carboxylic acids is 1. The molecule has 26 heavy (non-hydrogen) atoms. The van der Waals surface area contributed by atoms with E-state index in [2.05, 4.69) is 17.2 Å². The van der Waals surface area contributed by atoms with Gasteiger partial charge in [-0.05, 0) is 37.0 Å². The molecule has 0 saturated heterocycles. The Hall–Kier alpha value is -2.08. The lowest BCUT2D eigenvalue weighted by molar-refractivity contribution is -0.121. The van der Waals surface area contributed by atoms with Crippen molar-refractivity contribution < 1.29 is 14.3 Å². The molecule has 0 bridgehead atoms. The molecule has 3 rings (SSSR count). The fourth-order valence-electron chi connectivity index (χ4n) is 3.44. The molecule has 2 aromatic rings. The highest BCUT2D eigenvalue weighted by Gasteiger charge is 2.23. The molecule has 1 N–H and O–H groups in total. The molecule has 0 spiro atoms. The molecule has 1 aromatic carbocycles. The molecular formula is C20H26N2O3S. The van der Waals surface area contributed by atoms with E-state index in [0.717, 1.165) is 22.7 Å². The summed E-state index contributed by atoms with van der Waals surface area (Å²) in [5.74, 6) is 1.98. The van der Waals surface area contributed by atoms with Crippen molar-refractivity contribution in [1.29, 1.82) is 0 Å². The molecule has 0 radical (unpaired) electrons. The molecule has 140 valence electrons. The van der Waals surface area contributed by atoms with Crippen molar-refractivity contribution in [3.63, 3.8) is 0 Å². The number of amides is 1. The third kappa shape index (κ3) is 4.36. The van der Waals surface area contributed by atoms with Crippen LogP contribution in [0.25, 0.3) is 10.6 Å². The number of nitrogens with zero attached hydrogens (tertiary/aromatic N) is 1. The minimum atomic E-state index is 0.0629. The minimum Gasteiger partial charge on any atom is -0.493 e. The topological polar surface area (TPSA) is 60.5 Å². The van der Waals surface area contributed by atoms with Crippen LogP contribution in [0.15, 0.2) is 23.6 Å². The molecule has 1 fully saturated rings. The van der Waals surface area contributed by atoms with E-state index >= 15 is 0 Å². The predicted octanol–water partition coefficient (Wildman–Crippen LogP) is 4.06. The molecule has 6 heteroatoms.